The molecule has 2 nitrogen and oxygen atoms in total. The van der Waals surface area contributed by atoms with Gasteiger partial charge in [-0.2, -0.15) is 0 Å². The third-order valence-electron chi connectivity index (χ3n) is 3.57. The van der Waals surface area contributed by atoms with Gasteiger partial charge in [-0.3, -0.25) is 0 Å². The van der Waals surface area contributed by atoms with Crippen LogP contribution in [0.1, 0.15) is 5.56 Å². The van der Waals surface area contributed by atoms with E-state index in [-0.39, 0.29) is 0 Å². The maximum atomic E-state index is 4.68. The van der Waals surface area contributed by atoms with Gasteiger partial charge in [0.25, 0.3) is 0 Å². The summed E-state index contributed by atoms with van der Waals surface area (Å²) < 4.78 is 5.05. The van der Waals surface area contributed by atoms with Crippen LogP contribution in [-0.4, -0.2) is 19.5 Å². The summed E-state index contributed by atoms with van der Waals surface area (Å²) in [6.45, 7) is 2.19. The van der Waals surface area contributed by atoms with Gasteiger partial charge < -0.3 is 0 Å². The average Bonchev–Trinajstić information content (AvgIpc) is 3.02. The summed E-state index contributed by atoms with van der Waals surface area (Å²) in [5, 5.41) is 3.49. The van der Waals surface area contributed by atoms with Crippen LogP contribution in [0.25, 0.3) is 30.0 Å². The first-order valence-corrected chi connectivity index (χ1v) is 9.05. The summed E-state index contributed by atoms with van der Waals surface area (Å²) in [5.41, 5.74) is 3.88. The summed E-state index contributed by atoms with van der Waals surface area (Å²) in [6.07, 6.45) is 1.95. The second-order valence-corrected chi connectivity index (χ2v) is 8.04. The Morgan fingerprint density at radius 3 is 2.85 bits per heavy atom. The molecule has 0 atom stereocenters. The van der Waals surface area contributed by atoms with Gasteiger partial charge in [0.05, 0.1) is 0 Å². The Bertz CT molecular complexity index is 936. The number of thiophene rings is 1. The Kier molecular flexibility index (Phi) is 2.77. The normalized spacial score (nSPS) is 11.5. The predicted octanol–water partition coefficient (Wildman–Crippen LogP) is 3.31. The Labute approximate surface area is 127 Å². The van der Waals surface area contributed by atoms with Crippen molar-refractivity contribution in [2.24, 2.45) is 7.05 Å². The van der Waals surface area contributed by atoms with Crippen molar-refractivity contribution >= 4 is 45.3 Å². The van der Waals surface area contributed by atoms with Gasteiger partial charge in [-0.25, -0.2) is 0 Å². The predicted molar refractivity (Wildman–Crippen MR) is 85.4 cm³/mol. The van der Waals surface area contributed by atoms with E-state index >= 15 is 0 Å². The van der Waals surface area contributed by atoms with Crippen LogP contribution >= 0.6 is 11.3 Å². The van der Waals surface area contributed by atoms with E-state index in [4.69, 9.17) is 0 Å². The van der Waals surface area contributed by atoms with Gasteiger partial charge in [-0.05, 0) is 0 Å². The van der Waals surface area contributed by atoms with Gasteiger partial charge in [-0.1, -0.05) is 0 Å². The SMILES string of the molecule is Cc1ccsc1-c1c2[se]c3ccccc3c2nc[n+]1C. The quantitative estimate of drug-likeness (QED) is 0.382. The molecule has 1 aromatic carbocycles. The number of benzene rings is 1. The molecule has 0 N–H and O–H groups in total. The molecule has 0 radical (unpaired) electrons. The van der Waals surface area contributed by atoms with Crippen molar-refractivity contribution in [2.45, 2.75) is 6.92 Å². The van der Waals surface area contributed by atoms with Crippen LogP contribution in [0.4, 0.5) is 0 Å². The van der Waals surface area contributed by atoms with Crippen LogP contribution in [0.5, 0.6) is 0 Å². The zero-order valence-electron chi connectivity index (χ0n) is 11.3. The molecule has 0 saturated carbocycles. The van der Waals surface area contributed by atoms with Gasteiger partial charge in [-0.15, -0.1) is 0 Å². The second kappa shape index (κ2) is 4.52. The molecule has 3 aromatic heterocycles. The van der Waals surface area contributed by atoms with E-state index in [2.05, 4.69) is 59.2 Å². The first-order valence-electron chi connectivity index (χ1n) is 6.46. The van der Waals surface area contributed by atoms with Crippen LogP contribution in [0.15, 0.2) is 42.0 Å². The minimum atomic E-state index is 0.351. The topological polar surface area (TPSA) is 16.8 Å². The van der Waals surface area contributed by atoms with Gasteiger partial charge in [0.2, 0.25) is 0 Å². The molecule has 0 amide bonds. The molecule has 0 spiro atoms. The molecule has 0 saturated heterocycles. The van der Waals surface area contributed by atoms with Crippen molar-refractivity contribution in [3.8, 4) is 10.6 Å². The zero-order chi connectivity index (χ0) is 13.7. The first-order chi connectivity index (χ1) is 9.75. The standard InChI is InChI=1S/C16H13N2SSe/c1-10-7-8-19-15(10)14-16-13(17-9-18(14)2)11-5-3-4-6-12(11)20-16/h3-9H,1-2H3/q+1. The fourth-order valence-corrected chi connectivity index (χ4v) is 6.34. The summed E-state index contributed by atoms with van der Waals surface area (Å²) in [6, 6.07) is 10.9. The number of rotatable bonds is 1. The summed E-state index contributed by atoms with van der Waals surface area (Å²) >= 11 is 2.17. The molecule has 0 unspecified atom stereocenters. The molecule has 4 rings (SSSR count). The summed E-state index contributed by atoms with van der Waals surface area (Å²) in [4.78, 5) is 6.06. The van der Waals surface area contributed by atoms with E-state index in [1.54, 1.807) is 0 Å². The molecule has 4 heteroatoms. The van der Waals surface area contributed by atoms with Crippen molar-refractivity contribution < 1.29 is 4.57 Å². The van der Waals surface area contributed by atoms with Crippen molar-refractivity contribution in [3.63, 3.8) is 0 Å². The van der Waals surface area contributed by atoms with Crippen LogP contribution in [0.3, 0.4) is 0 Å². The van der Waals surface area contributed by atoms with Crippen LogP contribution in [-0.2, 0) is 7.05 Å². The Morgan fingerprint density at radius 1 is 1.20 bits per heavy atom. The molecular formula is C16H13N2SSe+. The van der Waals surface area contributed by atoms with Crippen LogP contribution < -0.4 is 4.57 Å². The number of nitrogens with zero attached hydrogens (tertiary/aromatic N) is 2. The number of aryl methyl sites for hydroxylation is 2. The van der Waals surface area contributed by atoms with Crippen molar-refractivity contribution in [2.75, 3.05) is 0 Å². The van der Waals surface area contributed by atoms with Gasteiger partial charge in [0.1, 0.15) is 0 Å². The van der Waals surface area contributed by atoms with Crippen molar-refractivity contribution in [1.82, 2.24) is 4.98 Å². The van der Waals surface area contributed by atoms with Crippen molar-refractivity contribution in [3.05, 3.63) is 47.6 Å². The Morgan fingerprint density at radius 2 is 2.05 bits per heavy atom. The van der Waals surface area contributed by atoms with E-state index in [1.165, 1.54) is 35.6 Å². The van der Waals surface area contributed by atoms with E-state index in [0.29, 0.717) is 14.5 Å². The number of hydrogen-bond donors (Lipinski definition) is 0. The molecule has 0 aliphatic heterocycles. The first kappa shape index (κ1) is 12.3. The Hall–Kier alpha value is -1.48. The fourth-order valence-electron chi connectivity index (χ4n) is 2.56. The molecule has 0 bridgehead atoms. The van der Waals surface area contributed by atoms with Gasteiger partial charge in [0.15, 0.2) is 0 Å². The van der Waals surface area contributed by atoms with E-state index in [0.717, 1.165) is 0 Å². The van der Waals surface area contributed by atoms with E-state index in [1.807, 2.05) is 17.7 Å². The van der Waals surface area contributed by atoms with E-state index < -0.39 is 0 Å². The molecule has 0 aliphatic carbocycles. The number of hydrogen-bond acceptors (Lipinski definition) is 2. The van der Waals surface area contributed by atoms with E-state index in [9.17, 15) is 0 Å². The molecule has 98 valence electrons. The van der Waals surface area contributed by atoms with Crippen LogP contribution in [0, 0.1) is 6.92 Å². The minimum absolute atomic E-state index is 0.351. The number of aromatic nitrogens is 2. The van der Waals surface area contributed by atoms with Crippen molar-refractivity contribution in [1.29, 1.82) is 0 Å². The molecule has 20 heavy (non-hydrogen) atoms. The monoisotopic (exact) mass is 345 g/mol. The third-order valence-corrected chi connectivity index (χ3v) is 7.05. The molecule has 4 aromatic rings. The molecule has 3 heterocycles. The summed E-state index contributed by atoms with van der Waals surface area (Å²) in [7, 11) is 2.10. The third kappa shape index (κ3) is 1.69. The van der Waals surface area contributed by atoms with Gasteiger partial charge >= 0.3 is 127 Å². The number of fused-ring (bicyclic) bond motifs is 3. The van der Waals surface area contributed by atoms with Crippen LogP contribution in [0.2, 0.25) is 0 Å². The fraction of sp³-hybridized carbons (Fsp3) is 0.125. The molecular weight excluding hydrogens is 331 g/mol. The van der Waals surface area contributed by atoms with Gasteiger partial charge in [0, 0.05) is 0 Å². The molecule has 0 fully saturated rings. The maximum absolute atomic E-state index is 4.68. The average molecular weight is 344 g/mol. The second-order valence-electron chi connectivity index (χ2n) is 4.91. The Balaban J connectivity index is 2.19. The zero-order valence-corrected chi connectivity index (χ0v) is 13.8. The summed E-state index contributed by atoms with van der Waals surface area (Å²) in [5.74, 6) is 0. The molecule has 0 aliphatic rings.